The Balaban J connectivity index is 1.26. The van der Waals surface area contributed by atoms with Crippen LogP contribution in [0.1, 0.15) is 59.9 Å². The van der Waals surface area contributed by atoms with Crippen molar-refractivity contribution in [2.45, 2.75) is 71.3 Å². The third-order valence-corrected chi connectivity index (χ3v) is 8.96. The molecule has 1 aliphatic carbocycles. The molecule has 1 saturated heterocycles. The number of aryl methyl sites for hydroxylation is 2. The van der Waals surface area contributed by atoms with Crippen LogP contribution in [-0.2, 0) is 19.7 Å². The quantitative estimate of drug-likeness (QED) is 0.258. The minimum absolute atomic E-state index is 0.159. The van der Waals surface area contributed by atoms with E-state index in [9.17, 15) is 9.90 Å². The number of hydrogen-bond donors (Lipinski definition) is 1. The van der Waals surface area contributed by atoms with Crippen LogP contribution in [0.5, 0.6) is 0 Å². The normalized spacial score (nSPS) is 17.0. The molecule has 1 aliphatic heterocycles. The first-order valence-electron chi connectivity index (χ1n) is 15.6. The summed E-state index contributed by atoms with van der Waals surface area (Å²) in [5.74, 6) is -0.563. The topological polar surface area (TPSA) is 105 Å². The van der Waals surface area contributed by atoms with Crippen molar-refractivity contribution in [1.82, 2.24) is 34.4 Å². The fourth-order valence-electron chi connectivity index (χ4n) is 6.45. The number of benzene rings is 1. The summed E-state index contributed by atoms with van der Waals surface area (Å²) >= 11 is 0. The highest BCUT2D eigenvalue weighted by Crippen LogP contribution is 2.38. The molecule has 5 heterocycles. The largest absolute Gasteiger partial charge is 0.390 e. The summed E-state index contributed by atoms with van der Waals surface area (Å²) in [7, 11) is 0. The van der Waals surface area contributed by atoms with Gasteiger partial charge in [0.25, 0.3) is 0 Å². The Morgan fingerprint density at radius 1 is 1.02 bits per heavy atom. The van der Waals surface area contributed by atoms with E-state index in [0.717, 1.165) is 61.4 Å². The molecule has 1 aromatic carbocycles. The van der Waals surface area contributed by atoms with Gasteiger partial charge in [-0.25, -0.2) is 9.07 Å². The molecular formula is C34H37FN8O2. The van der Waals surface area contributed by atoms with Crippen molar-refractivity contribution in [3.63, 3.8) is 0 Å². The zero-order valence-electron chi connectivity index (χ0n) is 25.6. The van der Waals surface area contributed by atoms with E-state index < -0.39 is 5.82 Å². The van der Waals surface area contributed by atoms with Crippen molar-refractivity contribution in [2.24, 2.45) is 0 Å². The van der Waals surface area contributed by atoms with Gasteiger partial charge in [0, 0.05) is 73.0 Å². The predicted octanol–water partition coefficient (Wildman–Crippen LogP) is 4.63. The van der Waals surface area contributed by atoms with Crippen LogP contribution in [-0.4, -0.2) is 58.7 Å². The van der Waals surface area contributed by atoms with E-state index in [2.05, 4.69) is 46.8 Å². The van der Waals surface area contributed by atoms with Crippen LogP contribution in [0, 0.1) is 19.7 Å². The Bertz CT molecular complexity index is 1900. The van der Waals surface area contributed by atoms with Crippen molar-refractivity contribution >= 4 is 16.6 Å². The minimum Gasteiger partial charge on any atom is -0.390 e. The second-order valence-electron chi connectivity index (χ2n) is 12.4. The summed E-state index contributed by atoms with van der Waals surface area (Å²) in [6.45, 7) is 6.59. The highest BCUT2D eigenvalue weighted by Gasteiger charge is 2.30. The van der Waals surface area contributed by atoms with Gasteiger partial charge in [0.05, 0.1) is 30.2 Å². The van der Waals surface area contributed by atoms with E-state index in [4.69, 9.17) is 0 Å². The van der Waals surface area contributed by atoms with Crippen molar-refractivity contribution in [2.75, 3.05) is 18.0 Å². The number of hydrogen-bond acceptors (Lipinski definition) is 8. The average molecular weight is 609 g/mol. The fraction of sp³-hybridized carbons (Fsp3) is 0.382. The van der Waals surface area contributed by atoms with Gasteiger partial charge in [-0.1, -0.05) is 5.21 Å². The molecule has 1 saturated carbocycles. The second kappa shape index (κ2) is 12.1. The zero-order chi connectivity index (χ0) is 31.1. The molecule has 232 valence electrons. The number of fused-ring (bicyclic) bond motifs is 1. The first kappa shape index (κ1) is 29.2. The van der Waals surface area contributed by atoms with Crippen molar-refractivity contribution in [1.29, 1.82) is 0 Å². The molecule has 2 fully saturated rings. The highest BCUT2D eigenvalue weighted by molar-refractivity contribution is 5.82. The number of halogens is 1. The number of pyridine rings is 3. The number of rotatable bonds is 9. The molecule has 0 amide bonds. The summed E-state index contributed by atoms with van der Waals surface area (Å²) in [6.07, 6.45) is 11.3. The maximum atomic E-state index is 15.6. The van der Waals surface area contributed by atoms with E-state index in [1.54, 1.807) is 6.07 Å². The highest BCUT2D eigenvalue weighted by atomic mass is 19.1. The Labute approximate surface area is 260 Å². The lowest BCUT2D eigenvalue weighted by molar-refractivity contribution is 0.158. The van der Waals surface area contributed by atoms with E-state index in [-0.39, 0.29) is 29.8 Å². The molecule has 1 N–H and O–H groups in total. The van der Waals surface area contributed by atoms with Gasteiger partial charge in [-0.15, -0.1) is 5.10 Å². The molecule has 1 unspecified atom stereocenters. The third kappa shape index (κ3) is 6.10. The first-order valence-corrected chi connectivity index (χ1v) is 15.6. The van der Waals surface area contributed by atoms with Gasteiger partial charge >= 0.3 is 0 Å². The molecule has 0 bridgehead atoms. The number of aromatic nitrogens is 6. The standard InChI is InChI=1S/C34H37FN8O2/c1-22-5-6-28(15-37-22)40-11-3-4-29(20-40)41(16-24-9-10-36-23(2)12-24)17-25-18-42(27-7-8-27)32-14-33(31(35)13-30(32)34(25)45)43-19-26(21-44)38-39-43/h5-6,9-10,12-15,18-19,27,29,44H,3-4,7-8,11,16-17,20-21H2,1-2H3. The van der Waals surface area contributed by atoms with E-state index >= 15 is 4.39 Å². The second-order valence-corrected chi connectivity index (χ2v) is 12.4. The van der Waals surface area contributed by atoms with Gasteiger partial charge in [0.2, 0.25) is 0 Å². The van der Waals surface area contributed by atoms with Gasteiger partial charge in [-0.05, 0) is 81.5 Å². The van der Waals surface area contributed by atoms with Crippen LogP contribution in [0.4, 0.5) is 10.1 Å². The molecule has 0 radical (unpaired) electrons. The molecule has 0 spiro atoms. The zero-order valence-corrected chi connectivity index (χ0v) is 25.6. The van der Waals surface area contributed by atoms with Crippen molar-refractivity contribution < 1.29 is 9.50 Å². The molecule has 1 atom stereocenters. The lowest BCUT2D eigenvalue weighted by atomic mass is 10.0. The molecule has 4 aromatic heterocycles. The molecule has 2 aliphatic rings. The van der Waals surface area contributed by atoms with Crippen LogP contribution in [0.15, 0.2) is 66.0 Å². The summed E-state index contributed by atoms with van der Waals surface area (Å²) < 4.78 is 19.0. The van der Waals surface area contributed by atoms with E-state index in [1.807, 2.05) is 44.6 Å². The third-order valence-electron chi connectivity index (χ3n) is 8.96. The SMILES string of the molecule is Cc1ccc(N2CCCC(N(Cc3ccnc(C)c3)Cc3cn(C4CC4)c4cc(-n5cc(CO)nn5)c(F)cc4c3=O)C2)cn1. The van der Waals surface area contributed by atoms with Crippen LogP contribution >= 0.6 is 0 Å². The lowest BCUT2D eigenvalue weighted by Gasteiger charge is -2.40. The number of anilines is 1. The van der Waals surface area contributed by atoms with E-state index in [0.29, 0.717) is 35.2 Å². The molecule has 11 heteroatoms. The smallest absolute Gasteiger partial charge is 0.193 e. The Hall–Kier alpha value is -4.48. The monoisotopic (exact) mass is 608 g/mol. The van der Waals surface area contributed by atoms with Gasteiger partial charge in [-0.2, -0.15) is 0 Å². The molecule has 45 heavy (non-hydrogen) atoms. The number of piperidine rings is 1. The fourth-order valence-corrected chi connectivity index (χ4v) is 6.45. The number of nitrogens with zero attached hydrogens (tertiary/aromatic N) is 8. The Morgan fingerprint density at radius 3 is 2.62 bits per heavy atom. The minimum atomic E-state index is -0.563. The summed E-state index contributed by atoms with van der Waals surface area (Å²) in [6, 6.07) is 11.8. The number of aliphatic hydroxyl groups excluding tert-OH is 1. The number of aliphatic hydroxyl groups is 1. The summed E-state index contributed by atoms with van der Waals surface area (Å²) in [5, 5.41) is 17.7. The first-order chi connectivity index (χ1) is 21.9. The summed E-state index contributed by atoms with van der Waals surface area (Å²) in [4.78, 5) is 27.8. The lowest BCUT2D eigenvalue weighted by Crippen LogP contribution is -2.48. The molecule has 10 nitrogen and oxygen atoms in total. The Kier molecular flexibility index (Phi) is 7.88. The van der Waals surface area contributed by atoms with Gasteiger partial charge in [0.1, 0.15) is 17.2 Å². The van der Waals surface area contributed by atoms with Crippen LogP contribution in [0.25, 0.3) is 16.6 Å². The molecule has 7 rings (SSSR count). The maximum absolute atomic E-state index is 15.6. The predicted molar refractivity (Wildman–Crippen MR) is 170 cm³/mol. The van der Waals surface area contributed by atoms with Crippen LogP contribution in [0.2, 0.25) is 0 Å². The molecular weight excluding hydrogens is 571 g/mol. The van der Waals surface area contributed by atoms with Gasteiger partial charge < -0.3 is 14.6 Å². The average Bonchev–Trinajstić information content (AvgIpc) is 3.78. The Morgan fingerprint density at radius 2 is 1.89 bits per heavy atom. The summed E-state index contributed by atoms with van der Waals surface area (Å²) in [5.41, 5.74) is 5.91. The van der Waals surface area contributed by atoms with E-state index in [1.165, 1.54) is 16.9 Å². The van der Waals surface area contributed by atoms with Crippen LogP contribution < -0.4 is 10.3 Å². The van der Waals surface area contributed by atoms with Gasteiger partial charge in [0.15, 0.2) is 5.43 Å². The van der Waals surface area contributed by atoms with Gasteiger partial charge in [-0.3, -0.25) is 19.7 Å². The van der Waals surface area contributed by atoms with Crippen molar-refractivity contribution in [3.05, 3.63) is 105 Å². The maximum Gasteiger partial charge on any atom is 0.193 e. The van der Waals surface area contributed by atoms with Crippen molar-refractivity contribution in [3.8, 4) is 5.69 Å². The molecule has 5 aromatic rings. The van der Waals surface area contributed by atoms with Crippen LogP contribution in [0.3, 0.4) is 0 Å².